The van der Waals surface area contributed by atoms with Crippen LogP contribution in [-0.2, 0) is 0 Å². The molecule has 9 heavy (non-hydrogen) atoms. The lowest BCUT2D eigenvalue weighted by Crippen LogP contribution is -2.28. The molecule has 1 heterocycles. The highest BCUT2D eigenvalue weighted by atomic mass is 15.2. The van der Waals surface area contributed by atoms with Crippen LogP contribution in [0.3, 0.4) is 0 Å². The van der Waals surface area contributed by atoms with E-state index in [1.165, 1.54) is 6.54 Å². The molecule has 2 nitrogen and oxygen atoms in total. The smallest absolute Gasteiger partial charge is 0.0206 e. The molecular weight excluding hydrogens is 112 g/mol. The number of likely N-dealkylation sites (N-methyl/N-ethyl adjacent to an activating group) is 1. The first kappa shape index (κ1) is 7.03. The van der Waals surface area contributed by atoms with Gasteiger partial charge in [-0.1, -0.05) is 13.8 Å². The van der Waals surface area contributed by atoms with E-state index in [2.05, 4.69) is 18.7 Å². The zero-order valence-corrected chi connectivity index (χ0v) is 6.30. The zero-order chi connectivity index (χ0) is 6.85. The fourth-order valence-corrected chi connectivity index (χ4v) is 1.35. The Labute approximate surface area is 57.0 Å². The van der Waals surface area contributed by atoms with Gasteiger partial charge in [-0.15, -0.1) is 0 Å². The minimum Gasteiger partial charge on any atom is -0.326 e. The summed E-state index contributed by atoms with van der Waals surface area (Å²) >= 11 is 0. The van der Waals surface area contributed by atoms with Crippen molar-refractivity contribution in [1.29, 1.82) is 0 Å². The Morgan fingerprint density at radius 2 is 2.22 bits per heavy atom. The number of likely N-dealkylation sites (tertiary alicyclic amines) is 1. The van der Waals surface area contributed by atoms with Crippen molar-refractivity contribution in [1.82, 2.24) is 4.90 Å². The van der Waals surface area contributed by atoms with Gasteiger partial charge in [0.25, 0.3) is 0 Å². The van der Waals surface area contributed by atoms with E-state index in [1.807, 2.05) is 0 Å². The van der Waals surface area contributed by atoms with Crippen LogP contribution >= 0.6 is 0 Å². The van der Waals surface area contributed by atoms with E-state index < -0.39 is 0 Å². The van der Waals surface area contributed by atoms with Crippen molar-refractivity contribution in [3.8, 4) is 0 Å². The normalized spacial score (nSPS) is 37.7. The van der Waals surface area contributed by atoms with Crippen LogP contribution in [0.25, 0.3) is 0 Å². The summed E-state index contributed by atoms with van der Waals surface area (Å²) in [6, 6.07) is 0.421. The largest absolute Gasteiger partial charge is 0.326 e. The Balaban J connectivity index is 2.35. The van der Waals surface area contributed by atoms with Crippen molar-refractivity contribution in [3.63, 3.8) is 0 Å². The van der Waals surface area contributed by atoms with Crippen LogP contribution in [0.4, 0.5) is 0 Å². The summed E-state index contributed by atoms with van der Waals surface area (Å²) in [5, 5.41) is 0. The van der Waals surface area contributed by atoms with E-state index >= 15 is 0 Å². The van der Waals surface area contributed by atoms with Crippen LogP contribution in [0, 0.1) is 5.92 Å². The summed E-state index contributed by atoms with van der Waals surface area (Å²) in [4.78, 5) is 2.40. The second kappa shape index (κ2) is 2.67. The fraction of sp³-hybridized carbons (Fsp3) is 1.00. The van der Waals surface area contributed by atoms with Gasteiger partial charge in [0.15, 0.2) is 0 Å². The SMILES string of the molecule is CCN1C[C@@H](C)[C@H](N)C1. The fourth-order valence-electron chi connectivity index (χ4n) is 1.35. The highest BCUT2D eigenvalue weighted by molar-refractivity contribution is 4.82. The Morgan fingerprint density at radius 1 is 1.56 bits per heavy atom. The minimum absolute atomic E-state index is 0.421. The number of rotatable bonds is 1. The van der Waals surface area contributed by atoms with Gasteiger partial charge in [-0.3, -0.25) is 0 Å². The van der Waals surface area contributed by atoms with E-state index in [4.69, 9.17) is 5.73 Å². The molecule has 0 aromatic carbocycles. The van der Waals surface area contributed by atoms with Crippen LogP contribution < -0.4 is 5.73 Å². The topological polar surface area (TPSA) is 29.3 Å². The van der Waals surface area contributed by atoms with E-state index in [-0.39, 0.29) is 0 Å². The van der Waals surface area contributed by atoms with Gasteiger partial charge in [0.05, 0.1) is 0 Å². The van der Waals surface area contributed by atoms with E-state index in [1.54, 1.807) is 0 Å². The second-order valence-corrected chi connectivity index (χ2v) is 2.99. The molecule has 2 atom stereocenters. The summed E-state index contributed by atoms with van der Waals surface area (Å²) < 4.78 is 0. The summed E-state index contributed by atoms with van der Waals surface area (Å²) in [6.45, 7) is 7.85. The molecule has 0 aromatic rings. The second-order valence-electron chi connectivity index (χ2n) is 2.99. The molecule has 0 amide bonds. The van der Waals surface area contributed by atoms with E-state index in [0.29, 0.717) is 12.0 Å². The quantitative estimate of drug-likeness (QED) is 0.550. The molecular formula is C7H16N2. The maximum atomic E-state index is 5.80. The molecule has 0 aromatic heterocycles. The van der Waals surface area contributed by atoms with Crippen molar-refractivity contribution in [2.75, 3.05) is 19.6 Å². The van der Waals surface area contributed by atoms with Crippen molar-refractivity contribution in [2.45, 2.75) is 19.9 Å². The molecule has 0 aliphatic carbocycles. The molecule has 0 unspecified atom stereocenters. The van der Waals surface area contributed by atoms with Crippen molar-refractivity contribution < 1.29 is 0 Å². The van der Waals surface area contributed by atoms with E-state index in [9.17, 15) is 0 Å². The molecule has 0 radical (unpaired) electrons. The van der Waals surface area contributed by atoms with Gasteiger partial charge in [0.2, 0.25) is 0 Å². The summed E-state index contributed by atoms with van der Waals surface area (Å²) in [6.07, 6.45) is 0. The van der Waals surface area contributed by atoms with Crippen LogP contribution in [0.1, 0.15) is 13.8 Å². The molecule has 2 N–H and O–H groups in total. The molecule has 1 saturated heterocycles. The lowest BCUT2D eigenvalue weighted by Gasteiger charge is -2.09. The molecule has 1 rings (SSSR count). The van der Waals surface area contributed by atoms with Crippen molar-refractivity contribution in [2.24, 2.45) is 11.7 Å². The third-order valence-electron chi connectivity index (χ3n) is 2.19. The van der Waals surface area contributed by atoms with Gasteiger partial charge in [-0.25, -0.2) is 0 Å². The van der Waals surface area contributed by atoms with Crippen LogP contribution in [-0.4, -0.2) is 30.6 Å². The van der Waals surface area contributed by atoms with Gasteiger partial charge in [0.1, 0.15) is 0 Å². The highest BCUT2D eigenvalue weighted by Crippen LogP contribution is 2.12. The average Bonchev–Trinajstić information content (AvgIpc) is 2.13. The van der Waals surface area contributed by atoms with Gasteiger partial charge in [-0.2, -0.15) is 0 Å². The predicted molar refractivity (Wildman–Crippen MR) is 39.3 cm³/mol. The van der Waals surface area contributed by atoms with Crippen LogP contribution in [0.5, 0.6) is 0 Å². The Hall–Kier alpha value is -0.0800. The first-order valence-electron chi connectivity index (χ1n) is 3.72. The first-order valence-corrected chi connectivity index (χ1v) is 3.72. The maximum Gasteiger partial charge on any atom is 0.0206 e. The lowest BCUT2D eigenvalue weighted by molar-refractivity contribution is 0.345. The third-order valence-corrected chi connectivity index (χ3v) is 2.19. The third kappa shape index (κ3) is 1.43. The Bertz CT molecular complexity index is 82.9. The number of hydrogen-bond donors (Lipinski definition) is 1. The monoisotopic (exact) mass is 128 g/mol. The summed E-state index contributed by atoms with van der Waals surface area (Å²) in [5.41, 5.74) is 5.80. The van der Waals surface area contributed by atoms with Crippen LogP contribution in [0.15, 0.2) is 0 Å². The molecule has 0 saturated carbocycles. The number of nitrogens with two attached hydrogens (primary N) is 1. The summed E-state index contributed by atoms with van der Waals surface area (Å²) in [5.74, 6) is 0.699. The first-order chi connectivity index (χ1) is 4.24. The molecule has 1 aliphatic rings. The van der Waals surface area contributed by atoms with Gasteiger partial charge in [0, 0.05) is 19.1 Å². The predicted octanol–water partition coefficient (Wildman–Crippen LogP) is 0.285. The standard InChI is InChI=1S/C7H16N2/c1-3-9-4-6(2)7(8)5-9/h6-7H,3-5,8H2,1-2H3/t6-,7-/m1/s1. The molecule has 54 valence electrons. The van der Waals surface area contributed by atoms with Crippen LogP contribution in [0.2, 0.25) is 0 Å². The van der Waals surface area contributed by atoms with E-state index in [0.717, 1.165) is 13.1 Å². The number of nitrogens with zero attached hydrogens (tertiary/aromatic N) is 1. The van der Waals surface area contributed by atoms with Crippen molar-refractivity contribution in [3.05, 3.63) is 0 Å². The molecule has 1 aliphatic heterocycles. The molecule has 2 heteroatoms. The minimum atomic E-state index is 0.421. The highest BCUT2D eigenvalue weighted by Gasteiger charge is 2.24. The summed E-state index contributed by atoms with van der Waals surface area (Å²) in [7, 11) is 0. The molecule has 1 fully saturated rings. The molecule has 0 spiro atoms. The van der Waals surface area contributed by atoms with Gasteiger partial charge >= 0.3 is 0 Å². The molecule has 0 bridgehead atoms. The average molecular weight is 128 g/mol. The zero-order valence-electron chi connectivity index (χ0n) is 6.30. The number of hydrogen-bond acceptors (Lipinski definition) is 2. The Kier molecular flexibility index (Phi) is 2.09. The van der Waals surface area contributed by atoms with Crippen molar-refractivity contribution >= 4 is 0 Å². The maximum absolute atomic E-state index is 5.80. The lowest BCUT2D eigenvalue weighted by atomic mass is 10.1. The van der Waals surface area contributed by atoms with Gasteiger partial charge < -0.3 is 10.6 Å². The Morgan fingerprint density at radius 3 is 2.44 bits per heavy atom. The van der Waals surface area contributed by atoms with Gasteiger partial charge in [-0.05, 0) is 12.5 Å².